The molecule has 114 valence electrons. The van der Waals surface area contributed by atoms with Gasteiger partial charge in [0.15, 0.2) is 0 Å². The van der Waals surface area contributed by atoms with Gasteiger partial charge in [0.05, 0.1) is 12.2 Å². The first-order valence-electron chi connectivity index (χ1n) is 7.41. The van der Waals surface area contributed by atoms with Crippen molar-refractivity contribution in [1.82, 2.24) is 9.97 Å². The fraction of sp³-hybridized carbons (Fsp3) is 0.438. The van der Waals surface area contributed by atoms with E-state index >= 15 is 0 Å². The standard InChI is InChI=1S/C16H18N4OS/c1-12-4-5-14(9-17)15(19-12)20-7-2-3-13(10-20)11-21-16-18-6-8-22-16/h4-6,8,13H,2-3,7,10-11H2,1H3. The smallest absolute Gasteiger partial charge is 0.273 e. The highest BCUT2D eigenvalue weighted by molar-refractivity contribution is 7.11. The van der Waals surface area contributed by atoms with Gasteiger partial charge < -0.3 is 9.64 Å². The molecular formula is C16H18N4OS. The van der Waals surface area contributed by atoms with Crippen molar-refractivity contribution in [2.24, 2.45) is 5.92 Å². The summed E-state index contributed by atoms with van der Waals surface area (Å²) in [5.41, 5.74) is 1.59. The van der Waals surface area contributed by atoms with E-state index < -0.39 is 0 Å². The van der Waals surface area contributed by atoms with E-state index in [2.05, 4.69) is 20.9 Å². The minimum atomic E-state index is 0.437. The number of piperidine rings is 1. The topological polar surface area (TPSA) is 62.0 Å². The highest BCUT2D eigenvalue weighted by atomic mass is 32.1. The Morgan fingerprint density at radius 1 is 1.50 bits per heavy atom. The summed E-state index contributed by atoms with van der Waals surface area (Å²) < 4.78 is 5.75. The number of hydrogen-bond acceptors (Lipinski definition) is 6. The molecule has 0 N–H and O–H groups in total. The van der Waals surface area contributed by atoms with Crippen LogP contribution in [0, 0.1) is 24.2 Å². The van der Waals surface area contributed by atoms with Gasteiger partial charge in [-0.1, -0.05) is 11.3 Å². The largest absolute Gasteiger partial charge is 0.470 e. The van der Waals surface area contributed by atoms with Gasteiger partial charge in [-0.25, -0.2) is 9.97 Å². The molecule has 2 aromatic heterocycles. The summed E-state index contributed by atoms with van der Waals surface area (Å²) in [7, 11) is 0. The minimum absolute atomic E-state index is 0.437. The first-order valence-corrected chi connectivity index (χ1v) is 8.29. The first kappa shape index (κ1) is 14.8. The molecule has 1 unspecified atom stereocenters. The van der Waals surface area contributed by atoms with Crippen LogP contribution < -0.4 is 9.64 Å². The van der Waals surface area contributed by atoms with Gasteiger partial charge in [0.25, 0.3) is 5.19 Å². The van der Waals surface area contributed by atoms with Crippen LogP contribution in [0.15, 0.2) is 23.7 Å². The molecule has 1 atom stereocenters. The normalized spacial score (nSPS) is 18.0. The third-order valence-electron chi connectivity index (χ3n) is 3.81. The van der Waals surface area contributed by atoms with Crippen LogP contribution in [0.4, 0.5) is 5.82 Å². The molecule has 0 amide bonds. The van der Waals surface area contributed by atoms with Crippen LogP contribution in [-0.4, -0.2) is 29.7 Å². The highest BCUT2D eigenvalue weighted by Gasteiger charge is 2.23. The van der Waals surface area contributed by atoms with Crippen LogP contribution in [0.25, 0.3) is 0 Å². The van der Waals surface area contributed by atoms with Crippen molar-refractivity contribution in [3.05, 3.63) is 35.0 Å². The summed E-state index contributed by atoms with van der Waals surface area (Å²) in [6.07, 6.45) is 3.98. The molecule has 0 bridgehead atoms. The highest BCUT2D eigenvalue weighted by Crippen LogP contribution is 2.25. The predicted octanol–water partition coefficient (Wildman–Crippen LogP) is 3.01. The van der Waals surface area contributed by atoms with E-state index in [-0.39, 0.29) is 0 Å². The number of rotatable bonds is 4. The van der Waals surface area contributed by atoms with Crippen LogP contribution in [0.5, 0.6) is 5.19 Å². The predicted molar refractivity (Wildman–Crippen MR) is 86.2 cm³/mol. The maximum absolute atomic E-state index is 9.29. The van der Waals surface area contributed by atoms with E-state index in [1.54, 1.807) is 6.20 Å². The zero-order chi connectivity index (χ0) is 15.4. The number of aromatic nitrogens is 2. The number of pyridine rings is 1. The molecule has 1 aliphatic heterocycles. The zero-order valence-electron chi connectivity index (χ0n) is 12.5. The lowest BCUT2D eigenvalue weighted by Gasteiger charge is -2.33. The van der Waals surface area contributed by atoms with E-state index in [1.807, 2.05) is 24.4 Å². The Balaban J connectivity index is 1.68. The summed E-state index contributed by atoms with van der Waals surface area (Å²) >= 11 is 1.51. The van der Waals surface area contributed by atoms with Crippen LogP contribution >= 0.6 is 11.3 Å². The van der Waals surface area contributed by atoms with Gasteiger partial charge in [-0.2, -0.15) is 5.26 Å². The molecule has 1 aliphatic rings. The second kappa shape index (κ2) is 6.75. The van der Waals surface area contributed by atoms with Crippen molar-refractivity contribution >= 4 is 17.2 Å². The first-order chi connectivity index (χ1) is 10.8. The zero-order valence-corrected chi connectivity index (χ0v) is 13.3. The molecule has 22 heavy (non-hydrogen) atoms. The Kier molecular flexibility index (Phi) is 4.54. The van der Waals surface area contributed by atoms with Gasteiger partial charge >= 0.3 is 0 Å². The Morgan fingerprint density at radius 2 is 2.41 bits per heavy atom. The molecule has 0 aliphatic carbocycles. The summed E-state index contributed by atoms with van der Waals surface area (Å²) in [5, 5.41) is 11.9. The number of hydrogen-bond donors (Lipinski definition) is 0. The van der Waals surface area contributed by atoms with Gasteiger partial charge in [0.2, 0.25) is 0 Å². The number of nitriles is 1. The molecule has 6 heteroatoms. The van der Waals surface area contributed by atoms with Crippen molar-refractivity contribution in [1.29, 1.82) is 5.26 Å². The molecule has 3 heterocycles. The molecule has 1 fully saturated rings. The van der Waals surface area contributed by atoms with Crippen molar-refractivity contribution in [3.8, 4) is 11.3 Å². The van der Waals surface area contributed by atoms with E-state index in [4.69, 9.17) is 4.74 Å². The van der Waals surface area contributed by atoms with E-state index in [9.17, 15) is 5.26 Å². The van der Waals surface area contributed by atoms with Crippen LogP contribution in [-0.2, 0) is 0 Å². The molecule has 0 radical (unpaired) electrons. The Morgan fingerprint density at radius 3 is 3.18 bits per heavy atom. The lowest BCUT2D eigenvalue weighted by molar-refractivity contribution is 0.227. The van der Waals surface area contributed by atoms with E-state index in [0.717, 1.165) is 42.6 Å². The number of ether oxygens (including phenoxy) is 1. The molecule has 2 aromatic rings. The van der Waals surface area contributed by atoms with E-state index in [1.165, 1.54) is 11.3 Å². The molecule has 0 saturated carbocycles. The molecule has 0 spiro atoms. The third-order valence-corrected chi connectivity index (χ3v) is 4.49. The second-order valence-corrected chi connectivity index (χ2v) is 6.36. The van der Waals surface area contributed by atoms with Crippen LogP contribution in [0.2, 0.25) is 0 Å². The maximum atomic E-state index is 9.29. The number of aryl methyl sites for hydroxylation is 1. The summed E-state index contributed by atoms with van der Waals surface area (Å²) in [6.45, 7) is 4.44. The van der Waals surface area contributed by atoms with E-state index in [0.29, 0.717) is 18.1 Å². The Labute approximate surface area is 134 Å². The van der Waals surface area contributed by atoms with Gasteiger partial charge in [0, 0.05) is 36.3 Å². The van der Waals surface area contributed by atoms with Gasteiger partial charge in [0.1, 0.15) is 11.9 Å². The lowest BCUT2D eigenvalue weighted by Crippen LogP contribution is -2.38. The lowest BCUT2D eigenvalue weighted by atomic mass is 9.98. The quantitative estimate of drug-likeness (QED) is 0.868. The van der Waals surface area contributed by atoms with Gasteiger partial charge in [-0.05, 0) is 31.9 Å². The van der Waals surface area contributed by atoms with Gasteiger partial charge in [-0.15, -0.1) is 0 Å². The fourth-order valence-corrected chi connectivity index (χ4v) is 3.23. The average molecular weight is 314 g/mol. The average Bonchev–Trinajstić information content (AvgIpc) is 3.07. The summed E-state index contributed by atoms with van der Waals surface area (Å²) in [6, 6.07) is 5.98. The van der Waals surface area contributed by atoms with Crippen molar-refractivity contribution in [2.75, 3.05) is 24.6 Å². The third kappa shape index (κ3) is 3.37. The SMILES string of the molecule is Cc1ccc(C#N)c(N2CCCC(COc3nccs3)C2)n1. The van der Waals surface area contributed by atoms with Crippen molar-refractivity contribution in [3.63, 3.8) is 0 Å². The maximum Gasteiger partial charge on any atom is 0.273 e. The van der Waals surface area contributed by atoms with Crippen LogP contribution in [0.3, 0.4) is 0 Å². The Hall–Kier alpha value is -2.13. The molecule has 5 nitrogen and oxygen atoms in total. The van der Waals surface area contributed by atoms with Gasteiger partial charge in [-0.3, -0.25) is 0 Å². The second-order valence-electron chi connectivity index (χ2n) is 5.50. The fourth-order valence-electron chi connectivity index (χ4n) is 2.74. The number of nitrogens with zero attached hydrogens (tertiary/aromatic N) is 4. The molecule has 0 aromatic carbocycles. The minimum Gasteiger partial charge on any atom is -0.470 e. The summed E-state index contributed by atoms with van der Waals surface area (Å²) in [5.74, 6) is 1.24. The van der Waals surface area contributed by atoms with Crippen molar-refractivity contribution < 1.29 is 4.74 Å². The number of thiazole rings is 1. The van der Waals surface area contributed by atoms with Crippen molar-refractivity contribution in [2.45, 2.75) is 19.8 Å². The molecular weight excluding hydrogens is 296 g/mol. The molecule has 3 rings (SSSR count). The van der Waals surface area contributed by atoms with Crippen LogP contribution in [0.1, 0.15) is 24.1 Å². The Bertz CT molecular complexity index is 665. The molecule has 1 saturated heterocycles. The number of anilines is 1. The summed E-state index contributed by atoms with van der Waals surface area (Å²) in [4.78, 5) is 10.9. The monoisotopic (exact) mass is 314 g/mol.